The van der Waals surface area contributed by atoms with Crippen molar-refractivity contribution in [3.05, 3.63) is 0 Å². The molecule has 1 amide bonds. The Bertz CT molecular complexity index is 403. The average molecular weight is 307 g/mol. The molecule has 1 N–H and O–H groups in total. The van der Waals surface area contributed by atoms with Gasteiger partial charge in [-0.3, -0.25) is 9.59 Å². The molecule has 7 heteroatoms. The number of carbonyl (C=O) groups excluding carboxylic acids is 1. The molecule has 1 unspecified atom stereocenters. The number of carboxylic acid groups (broad SMARTS) is 1. The molecule has 0 radical (unpaired) electrons. The Hall–Kier alpha value is -1.27. The monoisotopic (exact) mass is 307 g/mol. The topological polar surface area (TPSA) is 57.6 Å². The van der Waals surface area contributed by atoms with Crippen molar-refractivity contribution in [3.63, 3.8) is 0 Å². The molecular formula is C14H20F3NO3. The zero-order valence-corrected chi connectivity index (χ0v) is 11.7. The molecule has 1 saturated heterocycles. The fraction of sp³-hybridized carbons (Fsp3) is 0.857. The summed E-state index contributed by atoms with van der Waals surface area (Å²) in [5.41, 5.74) is 0. The van der Waals surface area contributed by atoms with Gasteiger partial charge in [0.2, 0.25) is 5.91 Å². The van der Waals surface area contributed by atoms with E-state index in [2.05, 4.69) is 0 Å². The van der Waals surface area contributed by atoms with E-state index in [0.29, 0.717) is 38.6 Å². The largest absolute Gasteiger partial charge is 0.481 e. The Balaban J connectivity index is 1.90. The Morgan fingerprint density at radius 1 is 1.00 bits per heavy atom. The van der Waals surface area contributed by atoms with Crippen LogP contribution in [-0.2, 0) is 9.59 Å². The third-order valence-electron chi connectivity index (χ3n) is 4.62. The smallest absolute Gasteiger partial charge is 0.393 e. The van der Waals surface area contributed by atoms with E-state index < -0.39 is 24.0 Å². The van der Waals surface area contributed by atoms with Crippen LogP contribution in [0.4, 0.5) is 13.2 Å². The first kappa shape index (κ1) is 16.1. The summed E-state index contributed by atoms with van der Waals surface area (Å²) in [6.07, 6.45) is -2.00. The zero-order valence-electron chi connectivity index (χ0n) is 11.7. The van der Waals surface area contributed by atoms with E-state index in [1.54, 1.807) is 0 Å². The number of nitrogens with zero attached hydrogens (tertiary/aromatic N) is 1. The highest BCUT2D eigenvalue weighted by molar-refractivity contribution is 5.79. The SMILES string of the molecule is O=C(O)C1CCC(C(=O)N2CCCC(C(F)(F)F)C2)CC1. The molecule has 0 aromatic rings. The molecule has 1 aliphatic heterocycles. The van der Waals surface area contributed by atoms with Crippen molar-refractivity contribution in [2.45, 2.75) is 44.7 Å². The van der Waals surface area contributed by atoms with Crippen LogP contribution in [0.5, 0.6) is 0 Å². The van der Waals surface area contributed by atoms with Gasteiger partial charge < -0.3 is 10.0 Å². The minimum absolute atomic E-state index is 0.0824. The number of hydrogen-bond donors (Lipinski definition) is 1. The summed E-state index contributed by atoms with van der Waals surface area (Å²) in [4.78, 5) is 24.5. The molecule has 0 aromatic heterocycles. The van der Waals surface area contributed by atoms with E-state index in [-0.39, 0.29) is 24.8 Å². The van der Waals surface area contributed by atoms with Crippen molar-refractivity contribution in [3.8, 4) is 0 Å². The van der Waals surface area contributed by atoms with Crippen LogP contribution in [0.3, 0.4) is 0 Å². The van der Waals surface area contributed by atoms with Crippen LogP contribution in [0.2, 0.25) is 0 Å². The first-order chi connectivity index (χ1) is 9.79. The van der Waals surface area contributed by atoms with E-state index in [9.17, 15) is 22.8 Å². The van der Waals surface area contributed by atoms with Crippen LogP contribution >= 0.6 is 0 Å². The van der Waals surface area contributed by atoms with Gasteiger partial charge in [-0.2, -0.15) is 13.2 Å². The molecule has 1 heterocycles. The summed E-state index contributed by atoms with van der Waals surface area (Å²) in [6, 6.07) is 0. The highest BCUT2D eigenvalue weighted by Gasteiger charge is 2.43. The summed E-state index contributed by atoms with van der Waals surface area (Å²) < 4.78 is 38.3. The highest BCUT2D eigenvalue weighted by atomic mass is 19.4. The normalized spacial score (nSPS) is 31.0. The maximum Gasteiger partial charge on any atom is 0.393 e. The van der Waals surface area contributed by atoms with E-state index >= 15 is 0 Å². The number of alkyl halides is 3. The number of piperidine rings is 1. The molecule has 2 rings (SSSR count). The first-order valence-electron chi connectivity index (χ1n) is 7.37. The van der Waals surface area contributed by atoms with Crippen LogP contribution in [0.25, 0.3) is 0 Å². The number of carboxylic acids is 1. The van der Waals surface area contributed by atoms with E-state index in [1.165, 1.54) is 4.90 Å². The third kappa shape index (κ3) is 3.89. The van der Waals surface area contributed by atoms with Gasteiger partial charge >= 0.3 is 12.1 Å². The molecule has 2 aliphatic rings. The van der Waals surface area contributed by atoms with Crippen molar-refractivity contribution in [2.75, 3.05) is 13.1 Å². The number of carbonyl (C=O) groups is 2. The number of halogens is 3. The number of likely N-dealkylation sites (tertiary alicyclic amines) is 1. The highest BCUT2D eigenvalue weighted by Crippen LogP contribution is 2.35. The van der Waals surface area contributed by atoms with E-state index in [4.69, 9.17) is 5.11 Å². The van der Waals surface area contributed by atoms with E-state index in [0.717, 1.165) is 0 Å². The van der Waals surface area contributed by atoms with Gasteiger partial charge in [0, 0.05) is 19.0 Å². The fourth-order valence-electron chi connectivity index (χ4n) is 3.29. The van der Waals surface area contributed by atoms with Crippen molar-refractivity contribution in [1.82, 2.24) is 4.90 Å². The van der Waals surface area contributed by atoms with Gasteiger partial charge in [0.1, 0.15) is 0 Å². The minimum Gasteiger partial charge on any atom is -0.481 e. The third-order valence-corrected chi connectivity index (χ3v) is 4.62. The lowest BCUT2D eigenvalue weighted by Gasteiger charge is -2.37. The van der Waals surface area contributed by atoms with Crippen LogP contribution in [0.1, 0.15) is 38.5 Å². The predicted octanol–water partition coefficient (Wildman–Crippen LogP) is 2.68. The van der Waals surface area contributed by atoms with Crippen molar-refractivity contribution >= 4 is 11.9 Å². The van der Waals surface area contributed by atoms with Gasteiger partial charge in [-0.1, -0.05) is 0 Å². The summed E-state index contributed by atoms with van der Waals surface area (Å²) in [5, 5.41) is 8.92. The van der Waals surface area contributed by atoms with E-state index in [1.807, 2.05) is 0 Å². The second-order valence-corrected chi connectivity index (χ2v) is 6.05. The second-order valence-electron chi connectivity index (χ2n) is 6.05. The molecule has 2 fully saturated rings. The minimum atomic E-state index is -4.25. The first-order valence-corrected chi connectivity index (χ1v) is 7.37. The van der Waals surface area contributed by atoms with Gasteiger partial charge in [0.05, 0.1) is 11.8 Å². The van der Waals surface area contributed by atoms with Crippen LogP contribution in [-0.4, -0.2) is 41.1 Å². The van der Waals surface area contributed by atoms with Gasteiger partial charge in [-0.15, -0.1) is 0 Å². The second kappa shape index (κ2) is 6.23. The lowest BCUT2D eigenvalue weighted by Crippen LogP contribution is -2.47. The maximum absolute atomic E-state index is 12.8. The quantitative estimate of drug-likeness (QED) is 0.853. The molecule has 1 aliphatic carbocycles. The van der Waals surface area contributed by atoms with Gasteiger partial charge in [0.15, 0.2) is 0 Å². The van der Waals surface area contributed by atoms with Gasteiger partial charge in [0.25, 0.3) is 0 Å². The molecule has 0 bridgehead atoms. The molecule has 21 heavy (non-hydrogen) atoms. The summed E-state index contributed by atoms with van der Waals surface area (Å²) >= 11 is 0. The van der Waals surface area contributed by atoms with Crippen LogP contribution in [0.15, 0.2) is 0 Å². The molecule has 0 aromatic carbocycles. The summed E-state index contributed by atoms with van der Waals surface area (Å²) in [6.45, 7) is 0.130. The van der Waals surface area contributed by atoms with Gasteiger partial charge in [-0.25, -0.2) is 0 Å². The van der Waals surface area contributed by atoms with Crippen molar-refractivity contribution < 1.29 is 27.9 Å². The molecule has 0 spiro atoms. The van der Waals surface area contributed by atoms with Crippen LogP contribution < -0.4 is 0 Å². The number of hydrogen-bond acceptors (Lipinski definition) is 2. The Morgan fingerprint density at radius 2 is 1.57 bits per heavy atom. The Morgan fingerprint density at radius 3 is 2.10 bits per heavy atom. The number of aliphatic carboxylic acids is 1. The van der Waals surface area contributed by atoms with Crippen molar-refractivity contribution in [2.24, 2.45) is 17.8 Å². The fourth-order valence-corrected chi connectivity index (χ4v) is 3.29. The molecule has 1 saturated carbocycles. The average Bonchev–Trinajstić information content (AvgIpc) is 2.46. The maximum atomic E-state index is 12.8. The van der Waals surface area contributed by atoms with Gasteiger partial charge in [-0.05, 0) is 38.5 Å². The Kier molecular flexibility index (Phi) is 4.78. The number of amides is 1. The summed E-state index contributed by atoms with van der Waals surface area (Å²) in [5.74, 6) is -3.24. The summed E-state index contributed by atoms with van der Waals surface area (Å²) in [7, 11) is 0. The standard InChI is InChI=1S/C14H20F3NO3/c15-14(16,17)11-2-1-7-18(8-11)12(19)9-3-5-10(6-4-9)13(20)21/h9-11H,1-8H2,(H,20,21). The molecule has 120 valence electrons. The van der Waals surface area contributed by atoms with Crippen LogP contribution in [0, 0.1) is 17.8 Å². The lowest BCUT2D eigenvalue weighted by atomic mass is 9.81. The molecular weight excluding hydrogens is 287 g/mol. The number of rotatable bonds is 2. The zero-order chi connectivity index (χ0) is 15.6. The Labute approximate surface area is 121 Å². The van der Waals surface area contributed by atoms with Crippen molar-refractivity contribution in [1.29, 1.82) is 0 Å². The molecule has 4 nitrogen and oxygen atoms in total. The lowest BCUT2D eigenvalue weighted by molar-refractivity contribution is -0.189. The molecule has 1 atom stereocenters. The predicted molar refractivity (Wildman–Crippen MR) is 68.4 cm³/mol.